The normalized spacial score (nSPS) is 9.78. The summed E-state index contributed by atoms with van der Waals surface area (Å²) in [5.74, 6) is 0.772. The Labute approximate surface area is 102 Å². The molecule has 0 N–H and O–H groups in total. The number of nitro groups is 1. The first-order valence-electron chi connectivity index (χ1n) is 4.98. The molecule has 0 radical (unpaired) electrons. The molecular formula is C12H8N2O4. The second-order valence-electron chi connectivity index (χ2n) is 3.42. The quantitative estimate of drug-likeness (QED) is 0.611. The van der Waals surface area contributed by atoms with E-state index in [0.717, 1.165) is 0 Å². The zero-order chi connectivity index (χ0) is 13.1. The van der Waals surface area contributed by atoms with Crippen molar-refractivity contribution >= 4 is 5.69 Å². The summed E-state index contributed by atoms with van der Waals surface area (Å²) in [5, 5.41) is 19.6. The molecular weight excluding hydrogens is 236 g/mol. The Hall–Kier alpha value is -2.81. The Kier molecular flexibility index (Phi) is 2.98. The Bertz CT molecular complexity index is 640. The number of furan rings is 1. The summed E-state index contributed by atoms with van der Waals surface area (Å²) in [4.78, 5) is 10.5. The van der Waals surface area contributed by atoms with Crippen LogP contribution >= 0.6 is 0 Å². The molecule has 6 heteroatoms. The molecule has 0 unspecified atom stereocenters. The van der Waals surface area contributed by atoms with Crippen LogP contribution in [0.3, 0.4) is 0 Å². The second-order valence-corrected chi connectivity index (χ2v) is 3.42. The van der Waals surface area contributed by atoms with Crippen molar-refractivity contribution < 1.29 is 14.1 Å². The summed E-state index contributed by atoms with van der Waals surface area (Å²) in [6.45, 7) is 0. The van der Waals surface area contributed by atoms with E-state index in [4.69, 9.17) is 14.4 Å². The minimum atomic E-state index is -0.521. The van der Waals surface area contributed by atoms with E-state index in [0.29, 0.717) is 11.3 Å². The van der Waals surface area contributed by atoms with E-state index < -0.39 is 4.92 Å². The maximum absolute atomic E-state index is 11.0. The predicted octanol–water partition coefficient (Wildman–Crippen LogP) is 2.74. The van der Waals surface area contributed by atoms with Gasteiger partial charge in [-0.15, -0.1) is 0 Å². The number of nitro benzene ring substituents is 1. The lowest BCUT2D eigenvalue weighted by Gasteiger charge is -2.02. The summed E-state index contributed by atoms with van der Waals surface area (Å²) in [7, 11) is 1.43. The lowest BCUT2D eigenvalue weighted by Crippen LogP contribution is -1.93. The van der Waals surface area contributed by atoms with Crippen LogP contribution in [-0.4, -0.2) is 12.0 Å². The summed E-state index contributed by atoms with van der Waals surface area (Å²) < 4.78 is 10.1. The highest BCUT2D eigenvalue weighted by Gasteiger charge is 2.19. The fraction of sp³-hybridized carbons (Fsp3) is 0.0833. The van der Waals surface area contributed by atoms with Crippen molar-refractivity contribution in [1.29, 1.82) is 5.26 Å². The SMILES string of the molecule is COc1ccc(-c2ccc(C#N)o2)c([N+](=O)[O-])c1. The maximum Gasteiger partial charge on any atom is 0.284 e. The lowest BCUT2D eigenvalue weighted by molar-refractivity contribution is -0.384. The van der Waals surface area contributed by atoms with Gasteiger partial charge >= 0.3 is 0 Å². The van der Waals surface area contributed by atoms with Crippen LogP contribution in [0.5, 0.6) is 5.75 Å². The van der Waals surface area contributed by atoms with Gasteiger partial charge in [-0.1, -0.05) is 0 Å². The van der Waals surface area contributed by atoms with Crippen molar-refractivity contribution in [1.82, 2.24) is 0 Å². The van der Waals surface area contributed by atoms with Crippen molar-refractivity contribution in [2.45, 2.75) is 0 Å². The lowest BCUT2D eigenvalue weighted by atomic mass is 10.1. The standard InChI is InChI=1S/C12H8N2O4/c1-17-8-2-4-10(11(6-8)14(15)16)12-5-3-9(7-13)18-12/h2-6H,1H3. The molecule has 2 rings (SSSR count). The van der Waals surface area contributed by atoms with Gasteiger partial charge in [0.15, 0.2) is 0 Å². The monoisotopic (exact) mass is 244 g/mol. The van der Waals surface area contributed by atoms with Crippen LogP contribution in [0, 0.1) is 21.4 Å². The van der Waals surface area contributed by atoms with Crippen molar-refractivity contribution in [3.05, 3.63) is 46.2 Å². The van der Waals surface area contributed by atoms with Crippen LogP contribution in [-0.2, 0) is 0 Å². The zero-order valence-corrected chi connectivity index (χ0v) is 9.41. The third-order valence-corrected chi connectivity index (χ3v) is 2.38. The molecule has 0 aliphatic carbocycles. The summed E-state index contributed by atoms with van der Waals surface area (Å²) in [6.07, 6.45) is 0. The van der Waals surface area contributed by atoms with E-state index >= 15 is 0 Å². The minimum absolute atomic E-state index is 0.107. The van der Waals surface area contributed by atoms with Crippen molar-refractivity contribution in [2.75, 3.05) is 7.11 Å². The van der Waals surface area contributed by atoms with Gasteiger partial charge in [-0.2, -0.15) is 5.26 Å². The highest BCUT2D eigenvalue weighted by molar-refractivity contribution is 5.71. The number of nitrogens with zero attached hydrogens (tertiary/aromatic N) is 2. The van der Waals surface area contributed by atoms with E-state index in [9.17, 15) is 10.1 Å². The van der Waals surface area contributed by atoms with Crippen molar-refractivity contribution in [2.24, 2.45) is 0 Å². The van der Waals surface area contributed by atoms with Gasteiger partial charge in [0, 0.05) is 0 Å². The van der Waals surface area contributed by atoms with Gasteiger partial charge in [0.1, 0.15) is 17.6 Å². The Morgan fingerprint density at radius 3 is 2.72 bits per heavy atom. The van der Waals surface area contributed by atoms with Gasteiger partial charge in [0.2, 0.25) is 5.76 Å². The van der Waals surface area contributed by atoms with Gasteiger partial charge < -0.3 is 9.15 Å². The summed E-state index contributed by atoms with van der Waals surface area (Å²) >= 11 is 0. The first-order valence-corrected chi connectivity index (χ1v) is 4.98. The summed E-state index contributed by atoms with van der Waals surface area (Å²) in [5.41, 5.74) is 0.176. The van der Waals surface area contributed by atoms with Crippen LogP contribution in [0.2, 0.25) is 0 Å². The Morgan fingerprint density at radius 2 is 2.17 bits per heavy atom. The molecule has 0 saturated heterocycles. The average Bonchev–Trinajstić information content (AvgIpc) is 2.86. The third kappa shape index (κ3) is 2.01. The van der Waals surface area contributed by atoms with Crippen LogP contribution < -0.4 is 4.74 Å². The van der Waals surface area contributed by atoms with Crippen LogP contribution in [0.25, 0.3) is 11.3 Å². The van der Waals surface area contributed by atoms with Crippen molar-refractivity contribution in [3.63, 3.8) is 0 Å². The number of ether oxygens (including phenoxy) is 1. The Morgan fingerprint density at radius 1 is 1.39 bits per heavy atom. The topological polar surface area (TPSA) is 89.3 Å². The fourth-order valence-electron chi connectivity index (χ4n) is 1.54. The smallest absolute Gasteiger partial charge is 0.284 e. The molecule has 0 saturated carbocycles. The highest BCUT2D eigenvalue weighted by Crippen LogP contribution is 2.33. The Balaban J connectivity index is 2.56. The first-order chi connectivity index (χ1) is 8.65. The third-order valence-electron chi connectivity index (χ3n) is 2.38. The number of benzene rings is 1. The van der Waals surface area contributed by atoms with Crippen LogP contribution in [0.4, 0.5) is 5.69 Å². The number of methoxy groups -OCH3 is 1. The van der Waals surface area contributed by atoms with Gasteiger partial charge in [-0.3, -0.25) is 10.1 Å². The minimum Gasteiger partial charge on any atom is -0.497 e. The van der Waals surface area contributed by atoms with Gasteiger partial charge in [-0.05, 0) is 24.3 Å². The average molecular weight is 244 g/mol. The van der Waals surface area contributed by atoms with Crippen molar-refractivity contribution in [3.8, 4) is 23.1 Å². The van der Waals surface area contributed by atoms with Gasteiger partial charge in [-0.25, -0.2) is 0 Å². The van der Waals surface area contributed by atoms with E-state index in [2.05, 4.69) is 0 Å². The maximum atomic E-state index is 11.0. The zero-order valence-electron chi connectivity index (χ0n) is 9.41. The number of hydrogen-bond donors (Lipinski definition) is 0. The van der Waals surface area contributed by atoms with E-state index in [1.54, 1.807) is 6.07 Å². The molecule has 0 aliphatic rings. The van der Waals surface area contributed by atoms with E-state index in [1.165, 1.54) is 31.4 Å². The van der Waals surface area contributed by atoms with Gasteiger partial charge in [0.05, 0.1) is 23.7 Å². The number of rotatable bonds is 3. The largest absolute Gasteiger partial charge is 0.497 e. The molecule has 1 aromatic carbocycles. The molecule has 0 fully saturated rings. The molecule has 0 bridgehead atoms. The molecule has 1 heterocycles. The molecule has 0 aliphatic heterocycles. The molecule has 0 spiro atoms. The van der Waals surface area contributed by atoms with E-state index in [-0.39, 0.29) is 17.2 Å². The molecule has 1 aromatic heterocycles. The van der Waals surface area contributed by atoms with Gasteiger partial charge in [0.25, 0.3) is 5.69 Å². The highest BCUT2D eigenvalue weighted by atomic mass is 16.6. The second kappa shape index (κ2) is 4.59. The summed E-state index contributed by atoms with van der Waals surface area (Å²) in [6, 6.07) is 9.24. The number of nitriles is 1. The number of hydrogen-bond acceptors (Lipinski definition) is 5. The molecule has 0 atom stereocenters. The van der Waals surface area contributed by atoms with Crippen LogP contribution in [0.15, 0.2) is 34.7 Å². The predicted molar refractivity (Wildman–Crippen MR) is 62.1 cm³/mol. The van der Waals surface area contributed by atoms with Crippen LogP contribution in [0.1, 0.15) is 5.76 Å². The molecule has 2 aromatic rings. The molecule has 0 amide bonds. The fourth-order valence-corrected chi connectivity index (χ4v) is 1.54. The molecule has 18 heavy (non-hydrogen) atoms. The molecule has 90 valence electrons. The first kappa shape index (κ1) is 11.7. The van der Waals surface area contributed by atoms with E-state index in [1.807, 2.05) is 6.07 Å². The molecule has 6 nitrogen and oxygen atoms in total.